The first-order valence-corrected chi connectivity index (χ1v) is 9.11. The molecule has 0 fully saturated rings. The number of methoxy groups -OCH3 is 1. The fourth-order valence-corrected chi connectivity index (χ4v) is 3.94. The first-order valence-electron chi connectivity index (χ1n) is 6.81. The van der Waals surface area contributed by atoms with E-state index in [1.807, 2.05) is 0 Å². The van der Waals surface area contributed by atoms with Crippen LogP contribution in [0.25, 0.3) is 0 Å². The molecular weight excluding hydrogens is 376 g/mol. The van der Waals surface area contributed by atoms with Gasteiger partial charge in [0.15, 0.2) is 0 Å². The van der Waals surface area contributed by atoms with E-state index in [2.05, 4.69) is 9.82 Å². The van der Waals surface area contributed by atoms with E-state index in [9.17, 15) is 9.36 Å². The Kier molecular flexibility index (Phi) is 4.63. The highest BCUT2D eigenvalue weighted by atomic mass is 35.5. The minimum atomic E-state index is -4.06. The van der Waals surface area contributed by atoms with Crippen molar-refractivity contribution in [3.63, 3.8) is 0 Å². The normalized spacial score (nSPS) is 14.8. The standard InChI is InChI=1S/C15H12Cl2NO5P/c1-21-15(19)18-24(20)22-13-4-2-11(16)7-9(13)6-10-8-12(17)3-5-14(10)23-24/h2-5,7-8H,6H2,1H3,(H,18,19,20). The largest absolute Gasteiger partial charge is 0.546 e. The van der Waals surface area contributed by atoms with Crippen molar-refractivity contribution in [1.29, 1.82) is 0 Å². The fourth-order valence-electron chi connectivity index (χ4n) is 2.24. The lowest BCUT2D eigenvalue weighted by Gasteiger charge is -2.25. The number of carbonyl (C=O) groups excluding carboxylic acids is 1. The highest BCUT2D eigenvalue weighted by Gasteiger charge is 2.35. The van der Waals surface area contributed by atoms with Gasteiger partial charge in [0.05, 0.1) is 7.11 Å². The van der Waals surface area contributed by atoms with Crippen LogP contribution in [0.2, 0.25) is 10.0 Å². The van der Waals surface area contributed by atoms with E-state index in [1.54, 1.807) is 36.4 Å². The molecule has 2 aromatic carbocycles. The molecule has 1 aliphatic rings. The maximum atomic E-state index is 12.9. The first kappa shape index (κ1) is 17.0. The van der Waals surface area contributed by atoms with Crippen LogP contribution in [-0.2, 0) is 15.7 Å². The molecule has 0 radical (unpaired) electrons. The zero-order chi connectivity index (χ0) is 17.3. The van der Waals surface area contributed by atoms with Gasteiger partial charge in [0.25, 0.3) is 0 Å². The van der Waals surface area contributed by atoms with Crippen LogP contribution >= 0.6 is 30.9 Å². The third kappa shape index (κ3) is 3.61. The van der Waals surface area contributed by atoms with Gasteiger partial charge in [-0.15, -0.1) is 0 Å². The van der Waals surface area contributed by atoms with E-state index in [1.165, 1.54) is 0 Å². The van der Waals surface area contributed by atoms with Gasteiger partial charge < -0.3 is 13.8 Å². The zero-order valence-electron chi connectivity index (χ0n) is 12.4. The summed E-state index contributed by atoms with van der Waals surface area (Å²) < 4.78 is 28.4. The first-order chi connectivity index (χ1) is 11.4. The van der Waals surface area contributed by atoms with Crippen LogP contribution in [0.3, 0.4) is 0 Å². The summed E-state index contributed by atoms with van der Waals surface area (Å²) in [7, 11) is -2.92. The van der Waals surface area contributed by atoms with Gasteiger partial charge in [0, 0.05) is 27.6 Å². The smallest absolute Gasteiger partial charge is 0.453 e. The maximum absolute atomic E-state index is 12.9. The highest BCUT2D eigenvalue weighted by Crippen LogP contribution is 2.49. The number of carbonyl (C=O) groups is 1. The maximum Gasteiger partial charge on any atom is 0.546 e. The summed E-state index contributed by atoms with van der Waals surface area (Å²) in [4.78, 5) is 11.5. The predicted molar refractivity (Wildman–Crippen MR) is 90.1 cm³/mol. The number of hydrogen-bond donors (Lipinski definition) is 1. The zero-order valence-corrected chi connectivity index (χ0v) is 14.8. The van der Waals surface area contributed by atoms with Crippen molar-refractivity contribution in [3.8, 4) is 11.5 Å². The molecule has 1 aliphatic heterocycles. The Labute approximate surface area is 148 Å². The topological polar surface area (TPSA) is 73.9 Å². The van der Waals surface area contributed by atoms with Crippen molar-refractivity contribution < 1.29 is 23.1 Å². The summed E-state index contributed by atoms with van der Waals surface area (Å²) in [6.07, 6.45) is -0.533. The molecule has 9 heteroatoms. The molecule has 24 heavy (non-hydrogen) atoms. The van der Waals surface area contributed by atoms with Crippen LogP contribution in [0.1, 0.15) is 11.1 Å². The van der Waals surface area contributed by atoms with Crippen molar-refractivity contribution in [3.05, 3.63) is 57.6 Å². The third-order valence-corrected chi connectivity index (χ3v) is 5.08. The molecule has 6 nitrogen and oxygen atoms in total. The van der Waals surface area contributed by atoms with Gasteiger partial charge in [-0.25, -0.2) is 14.4 Å². The summed E-state index contributed by atoms with van der Waals surface area (Å²) in [5, 5.41) is 3.10. The third-order valence-electron chi connectivity index (χ3n) is 3.28. The molecule has 0 aliphatic carbocycles. The molecule has 0 saturated carbocycles. The Hall–Kier alpha value is -1.88. The molecule has 0 saturated heterocycles. The number of ether oxygens (including phenoxy) is 1. The molecule has 0 unspecified atom stereocenters. The summed E-state index contributed by atoms with van der Waals surface area (Å²) in [5.74, 6) is 0.564. The Bertz CT molecular complexity index is 800. The van der Waals surface area contributed by atoms with Crippen LogP contribution in [0.4, 0.5) is 4.79 Å². The van der Waals surface area contributed by atoms with Crippen LogP contribution in [0, 0.1) is 0 Å². The second-order valence-corrected chi connectivity index (χ2v) is 7.42. The van der Waals surface area contributed by atoms with Crippen LogP contribution in [0.15, 0.2) is 36.4 Å². The number of amides is 1. The van der Waals surface area contributed by atoms with Crippen LogP contribution in [0.5, 0.6) is 11.5 Å². The van der Waals surface area contributed by atoms with Crippen LogP contribution in [-0.4, -0.2) is 13.2 Å². The number of nitrogens with one attached hydrogen (secondary N) is 1. The molecular formula is C15H12Cl2NO5P. The second kappa shape index (κ2) is 6.55. The summed E-state index contributed by atoms with van der Waals surface area (Å²) in [5.41, 5.74) is 1.36. The average Bonchev–Trinajstić information content (AvgIpc) is 2.51. The molecule has 1 N–H and O–H groups in total. The molecule has 2 aromatic rings. The van der Waals surface area contributed by atoms with E-state index >= 15 is 0 Å². The minimum Gasteiger partial charge on any atom is -0.453 e. The van der Waals surface area contributed by atoms with Gasteiger partial charge in [-0.3, -0.25) is 0 Å². The van der Waals surface area contributed by atoms with Gasteiger partial charge >= 0.3 is 13.8 Å². The monoisotopic (exact) mass is 387 g/mol. The van der Waals surface area contributed by atoms with E-state index in [0.717, 1.165) is 7.11 Å². The quantitative estimate of drug-likeness (QED) is 0.710. The van der Waals surface area contributed by atoms with Gasteiger partial charge in [0.1, 0.15) is 11.5 Å². The van der Waals surface area contributed by atoms with Crippen LogP contribution < -0.4 is 14.1 Å². The molecule has 3 rings (SSSR count). The molecule has 1 amide bonds. The summed E-state index contributed by atoms with van der Waals surface area (Å²) in [6, 6.07) is 9.67. The van der Waals surface area contributed by atoms with E-state index in [4.69, 9.17) is 32.2 Å². The average molecular weight is 388 g/mol. The van der Waals surface area contributed by atoms with Gasteiger partial charge in [-0.05, 0) is 36.4 Å². The Morgan fingerprint density at radius 3 is 2.04 bits per heavy atom. The Balaban J connectivity index is 2.12. The lowest BCUT2D eigenvalue weighted by Crippen LogP contribution is -2.26. The molecule has 0 aromatic heterocycles. The second-order valence-electron chi connectivity index (χ2n) is 4.96. The lowest BCUT2D eigenvalue weighted by atomic mass is 10.0. The molecule has 1 heterocycles. The van der Waals surface area contributed by atoms with Gasteiger partial charge in [-0.2, -0.15) is 0 Å². The van der Waals surface area contributed by atoms with Gasteiger partial charge in [0.2, 0.25) is 0 Å². The van der Waals surface area contributed by atoms with E-state index in [-0.39, 0.29) is 11.5 Å². The number of hydrogen-bond acceptors (Lipinski definition) is 5. The number of benzene rings is 2. The van der Waals surface area contributed by atoms with Crippen molar-refractivity contribution in [2.24, 2.45) is 0 Å². The Morgan fingerprint density at radius 2 is 1.58 bits per heavy atom. The molecule has 0 bridgehead atoms. The molecule has 126 valence electrons. The minimum absolute atomic E-state index is 0.282. The summed E-state index contributed by atoms with van der Waals surface area (Å²) >= 11 is 12.1. The number of fused-ring (bicyclic) bond motifs is 2. The SMILES string of the molecule is COC(=O)NP1(=O)Oc2ccc(Cl)cc2Cc2cc(Cl)ccc2O1. The van der Waals surface area contributed by atoms with E-state index in [0.29, 0.717) is 27.6 Å². The van der Waals surface area contributed by atoms with Crippen molar-refractivity contribution in [2.45, 2.75) is 6.42 Å². The van der Waals surface area contributed by atoms with Crippen molar-refractivity contribution in [2.75, 3.05) is 7.11 Å². The predicted octanol–water partition coefficient (Wildman–Crippen LogP) is 4.82. The number of halogens is 2. The van der Waals surface area contributed by atoms with Gasteiger partial charge in [-0.1, -0.05) is 23.2 Å². The molecule has 0 atom stereocenters. The lowest BCUT2D eigenvalue weighted by molar-refractivity contribution is 0.175. The number of rotatable bonds is 1. The Morgan fingerprint density at radius 1 is 1.08 bits per heavy atom. The van der Waals surface area contributed by atoms with E-state index < -0.39 is 13.8 Å². The fraction of sp³-hybridized carbons (Fsp3) is 0.133. The van der Waals surface area contributed by atoms with Crippen molar-refractivity contribution >= 4 is 37.0 Å². The summed E-state index contributed by atoms with van der Waals surface area (Å²) in [6.45, 7) is 0. The molecule has 0 spiro atoms. The highest BCUT2D eigenvalue weighted by molar-refractivity contribution is 7.53. The van der Waals surface area contributed by atoms with Crippen molar-refractivity contribution in [1.82, 2.24) is 5.09 Å².